The molecule has 0 aliphatic carbocycles. The van der Waals surface area contributed by atoms with Crippen LogP contribution < -0.4 is 15.6 Å². The number of para-hydroxylation sites is 1. The van der Waals surface area contributed by atoms with Gasteiger partial charge in [-0.25, -0.2) is 14.4 Å². The van der Waals surface area contributed by atoms with Gasteiger partial charge >= 0.3 is 0 Å². The number of hydrogen-bond acceptors (Lipinski definition) is 5. The molecule has 30 heavy (non-hydrogen) atoms. The third-order valence-electron chi connectivity index (χ3n) is 4.38. The maximum Gasteiger partial charge on any atom is 0.287 e. The summed E-state index contributed by atoms with van der Waals surface area (Å²) in [5.74, 6) is -0.482. The van der Waals surface area contributed by atoms with Gasteiger partial charge in [-0.15, -0.1) is 0 Å². The predicted octanol–water partition coefficient (Wildman–Crippen LogP) is 2.97. The first-order chi connectivity index (χ1) is 14.6. The first-order valence-corrected chi connectivity index (χ1v) is 9.18. The molecule has 2 N–H and O–H groups in total. The lowest BCUT2D eigenvalue weighted by Crippen LogP contribution is -2.27. The maximum atomic E-state index is 13.0. The molecule has 150 valence electrons. The number of hydrogen-bond donors (Lipinski definition) is 2. The van der Waals surface area contributed by atoms with Crippen molar-refractivity contribution < 1.29 is 13.9 Å². The molecule has 0 atom stereocenters. The second kappa shape index (κ2) is 8.52. The number of pyridine rings is 1. The van der Waals surface area contributed by atoms with Crippen molar-refractivity contribution in [1.82, 2.24) is 20.3 Å². The summed E-state index contributed by atoms with van der Waals surface area (Å²) >= 11 is 0. The van der Waals surface area contributed by atoms with Crippen LogP contribution in [0.3, 0.4) is 0 Å². The lowest BCUT2D eigenvalue weighted by molar-refractivity contribution is 0.0940. The van der Waals surface area contributed by atoms with E-state index < -0.39 is 5.91 Å². The van der Waals surface area contributed by atoms with Crippen molar-refractivity contribution in [2.45, 2.75) is 13.2 Å². The zero-order valence-corrected chi connectivity index (χ0v) is 15.8. The standard InChI is InChI=1S/C22H17FN4O3/c23-16-7-5-14(6-8-16)13-30-19-11-15(9-10-24-19)12-25-22(29)20-26-18-4-2-1-3-17(18)21(28)27-20/h1-11H,12-13H2,(H,25,29)(H,26,27,28). The van der Waals surface area contributed by atoms with E-state index in [9.17, 15) is 14.0 Å². The zero-order valence-electron chi connectivity index (χ0n) is 15.8. The van der Waals surface area contributed by atoms with Crippen molar-refractivity contribution in [3.8, 4) is 5.88 Å². The summed E-state index contributed by atoms with van der Waals surface area (Å²) in [5.41, 5.74) is 1.65. The second-order valence-corrected chi connectivity index (χ2v) is 6.53. The molecule has 0 fully saturated rings. The number of aromatic amines is 1. The van der Waals surface area contributed by atoms with Gasteiger partial charge in [-0.3, -0.25) is 9.59 Å². The van der Waals surface area contributed by atoms with E-state index in [2.05, 4.69) is 20.3 Å². The third kappa shape index (κ3) is 4.49. The first kappa shape index (κ1) is 19.3. The topological polar surface area (TPSA) is 97.0 Å². The average molecular weight is 404 g/mol. The molecule has 0 radical (unpaired) electrons. The SMILES string of the molecule is O=C(NCc1ccnc(OCc2ccc(F)cc2)c1)c1nc2ccccc2c(=O)[nH]1. The van der Waals surface area contributed by atoms with Gasteiger partial charge in [0.25, 0.3) is 11.5 Å². The minimum atomic E-state index is -0.497. The number of amides is 1. The summed E-state index contributed by atoms with van der Waals surface area (Å²) < 4.78 is 18.6. The van der Waals surface area contributed by atoms with E-state index in [1.165, 1.54) is 12.1 Å². The normalized spacial score (nSPS) is 10.7. The Kier molecular flexibility index (Phi) is 5.47. The van der Waals surface area contributed by atoms with E-state index in [1.54, 1.807) is 54.7 Å². The Morgan fingerprint density at radius 3 is 2.70 bits per heavy atom. The lowest BCUT2D eigenvalue weighted by Gasteiger charge is -2.08. The van der Waals surface area contributed by atoms with Gasteiger partial charge in [-0.2, -0.15) is 0 Å². The molecule has 2 aromatic heterocycles. The fraction of sp³-hybridized carbons (Fsp3) is 0.0909. The van der Waals surface area contributed by atoms with Gasteiger partial charge < -0.3 is 15.0 Å². The highest BCUT2D eigenvalue weighted by Gasteiger charge is 2.11. The summed E-state index contributed by atoms with van der Waals surface area (Å²) in [5, 5.41) is 3.14. The molecule has 0 spiro atoms. The fourth-order valence-corrected chi connectivity index (χ4v) is 2.84. The van der Waals surface area contributed by atoms with Crippen LogP contribution in [-0.4, -0.2) is 20.9 Å². The van der Waals surface area contributed by atoms with Crippen LogP contribution >= 0.6 is 0 Å². The highest BCUT2D eigenvalue weighted by atomic mass is 19.1. The van der Waals surface area contributed by atoms with E-state index in [-0.39, 0.29) is 30.4 Å². The summed E-state index contributed by atoms with van der Waals surface area (Å²) in [7, 11) is 0. The Morgan fingerprint density at radius 2 is 1.87 bits per heavy atom. The monoisotopic (exact) mass is 404 g/mol. The Hall–Kier alpha value is -4.07. The molecule has 2 aromatic carbocycles. The van der Waals surface area contributed by atoms with Crippen LogP contribution in [0, 0.1) is 5.82 Å². The van der Waals surface area contributed by atoms with E-state index in [1.807, 2.05) is 0 Å². The van der Waals surface area contributed by atoms with Gasteiger partial charge in [0.05, 0.1) is 10.9 Å². The van der Waals surface area contributed by atoms with Gasteiger partial charge in [0, 0.05) is 18.8 Å². The van der Waals surface area contributed by atoms with E-state index >= 15 is 0 Å². The van der Waals surface area contributed by atoms with Crippen molar-refractivity contribution in [1.29, 1.82) is 0 Å². The van der Waals surface area contributed by atoms with Crippen LogP contribution in [0.1, 0.15) is 21.7 Å². The van der Waals surface area contributed by atoms with Gasteiger partial charge in [0.15, 0.2) is 5.82 Å². The van der Waals surface area contributed by atoms with Crippen molar-refractivity contribution in [3.05, 3.63) is 100.0 Å². The van der Waals surface area contributed by atoms with Crippen LogP contribution in [0.25, 0.3) is 10.9 Å². The Labute approximate surface area is 170 Å². The lowest BCUT2D eigenvalue weighted by atomic mass is 10.2. The molecule has 7 nitrogen and oxygen atoms in total. The molecule has 0 unspecified atom stereocenters. The van der Waals surface area contributed by atoms with Crippen LogP contribution in [0.2, 0.25) is 0 Å². The molecule has 0 saturated carbocycles. The number of ether oxygens (including phenoxy) is 1. The molecular weight excluding hydrogens is 387 g/mol. The van der Waals surface area contributed by atoms with Crippen molar-refractivity contribution in [2.24, 2.45) is 0 Å². The number of benzene rings is 2. The zero-order chi connectivity index (χ0) is 20.9. The molecule has 2 heterocycles. The second-order valence-electron chi connectivity index (χ2n) is 6.53. The molecule has 4 rings (SSSR count). The Morgan fingerprint density at radius 1 is 1.07 bits per heavy atom. The van der Waals surface area contributed by atoms with Gasteiger partial charge in [-0.1, -0.05) is 24.3 Å². The van der Waals surface area contributed by atoms with Gasteiger partial charge in [0.2, 0.25) is 5.88 Å². The largest absolute Gasteiger partial charge is 0.473 e. The number of nitrogens with one attached hydrogen (secondary N) is 2. The smallest absolute Gasteiger partial charge is 0.287 e. The summed E-state index contributed by atoms with van der Waals surface area (Å²) in [4.78, 5) is 35.4. The maximum absolute atomic E-state index is 13.0. The quantitative estimate of drug-likeness (QED) is 0.515. The molecule has 0 aliphatic rings. The summed E-state index contributed by atoms with van der Waals surface area (Å²) in [6, 6.07) is 16.2. The number of H-pyrrole nitrogens is 1. The molecule has 0 bridgehead atoms. The number of carbonyl (C=O) groups is 1. The number of aromatic nitrogens is 3. The minimum Gasteiger partial charge on any atom is -0.473 e. The first-order valence-electron chi connectivity index (χ1n) is 9.18. The van der Waals surface area contributed by atoms with Crippen molar-refractivity contribution in [2.75, 3.05) is 0 Å². The van der Waals surface area contributed by atoms with Crippen LogP contribution in [0.5, 0.6) is 5.88 Å². The Bertz CT molecular complexity index is 1260. The number of rotatable bonds is 6. The van der Waals surface area contributed by atoms with Gasteiger partial charge in [0.1, 0.15) is 12.4 Å². The number of nitrogens with zero attached hydrogens (tertiary/aromatic N) is 2. The molecule has 1 amide bonds. The van der Waals surface area contributed by atoms with E-state index in [0.29, 0.717) is 16.8 Å². The molecule has 0 saturated heterocycles. The van der Waals surface area contributed by atoms with Gasteiger partial charge in [-0.05, 0) is 41.5 Å². The average Bonchev–Trinajstić information content (AvgIpc) is 2.77. The number of carbonyl (C=O) groups excluding carboxylic acids is 1. The number of halogens is 1. The van der Waals surface area contributed by atoms with Crippen LogP contribution in [0.4, 0.5) is 4.39 Å². The van der Waals surface area contributed by atoms with Crippen LogP contribution in [-0.2, 0) is 13.2 Å². The minimum absolute atomic E-state index is 0.0551. The Balaban J connectivity index is 1.40. The molecule has 4 aromatic rings. The molecular formula is C22H17FN4O3. The predicted molar refractivity (Wildman–Crippen MR) is 109 cm³/mol. The van der Waals surface area contributed by atoms with Crippen molar-refractivity contribution >= 4 is 16.8 Å². The highest BCUT2D eigenvalue weighted by molar-refractivity contribution is 5.92. The van der Waals surface area contributed by atoms with E-state index in [4.69, 9.17) is 4.74 Å². The fourth-order valence-electron chi connectivity index (χ4n) is 2.84. The molecule has 0 aliphatic heterocycles. The third-order valence-corrected chi connectivity index (χ3v) is 4.38. The highest BCUT2D eigenvalue weighted by Crippen LogP contribution is 2.12. The van der Waals surface area contributed by atoms with E-state index in [0.717, 1.165) is 11.1 Å². The summed E-state index contributed by atoms with van der Waals surface area (Å²) in [6.07, 6.45) is 1.57. The number of fused-ring (bicyclic) bond motifs is 1. The summed E-state index contributed by atoms with van der Waals surface area (Å²) in [6.45, 7) is 0.441. The molecule has 8 heteroatoms. The van der Waals surface area contributed by atoms with Crippen LogP contribution in [0.15, 0.2) is 71.7 Å². The van der Waals surface area contributed by atoms with Crippen molar-refractivity contribution in [3.63, 3.8) is 0 Å².